The standard InChI is InChI=1S/C23H18N2O4/c26-23(17-10-11-20-21(14-17)29-15-28-20)27-13-12-25-19-9-5-4-8-18(19)24-22(25)16-6-2-1-3-7-16/h1-11,14H,12-13,15H2. The monoisotopic (exact) mass is 386 g/mol. The first kappa shape index (κ1) is 17.3. The van der Waals surface area contributed by atoms with E-state index in [2.05, 4.69) is 4.57 Å². The van der Waals surface area contributed by atoms with Crippen molar-refractivity contribution in [3.8, 4) is 22.9 Å². The summed E-state index contributed by atoms with van der Waals surface area (Å²) in [4.78, 5) is 17.2. The third kappa shape index (κ3) is 3.29. The largest absolute Gasteiger partial charge is 0.460 e. The topological polar surface area (TPSA) is 62.6 Å². The van der Waals surface area contributed by atoms with Crippen molar-refractivity contribution in [2.45, 2.75) is 6.54 Å². The number of ether oxygens (including phenoxy) is 3. The highest BCUT2D eigenvalue weighted by molar-refractivity contribution is 5.90. The van der Waals surface area contributed by atoms with E-state index in [1.54, 1.807) is 18.2 Å². The van der Waals surface area contributed by atoms with E-state index >= 15 is 0 Å². The van der Waals surface area contributed by atoms with Gasteiger partial charge in [0.1, 0.15) is 12.4 Å². The van der Waals surface area contributed by atoms with Crippen LogP contribution in [0.2, 0.25) is 0 Å². The minimum atomic E-state index is -0.394. The number of benzene rings is 3. The van der Waals surface area contributed by atoms with E-state index in [-0.39, 0.29) is 13.4 Å². The number of nitrogens with zero attached hydrogens (tertiary/aromatic N) is 2. The van der Waals surface area contributed by atoms with Gasteiger partial charge < -0.3 is 18.8 Å². The summed E-state index contributed by atoms with van der Waals surface area (Å²) < 4.78 is 18.2. The van der Waals surface area contributed by atoms with Crippen LogP contribution in [0.15, 0.2) is 72.8 Å². The highest BCUT2D eigenvalue weighted by Crippen LogP contribution is 2.32. The maximum atomic E-state index is 12.4. The second kappa shape index (κ2) is 7.31. The van der Waals surface area contributed by atoms with Crippen LogP contribution in [0.3, 0.4) is 0 Å². The Morgan fingerprint density at radius 2 is 1.76 bits per heavy atom. The van der Waals surface area contributed by atoms with E-state index in [9.17, 15) is 4.79 Å². The van der Waals surface area contributed by atoms with Gasteiger partial charge in [-0.3, -0.25) is 0 Å². The van der Waals surface area contributed by atoms with Gasteiger partial charge in [0.25, 0.3) is 0 Å². The number of hydrogen-bond donors (Lipinski definition) is 0. The molecule has 0 spiro atoms. The van der Waals surface area contributed by atoms with Crippen molar-refractivity contribution in [1.82, 2.24) is 9.55 Å². The number of carbonyl (C=O) groups excluding carboxylic acids is 1. The number of imidazole rings is 1. The van der Waals surface area contributed by atoms with Gasteiger partial charge in [0, 0.05) is 5.56 Å². The van der Waals surface area contributed by atoms with E-state index in [1.165, 1.54) is 0 Å². The lowest BCUT2D eigenvalue weighted by molar-refractivity contribution is 0.0492. The Morgan fingerprint density at radius 1 is 0.966 bits per heavy atom. The third-order valence-corrected chi connectivity index (χ3v) is 4.84. The number of carbonyl (C=O) groups is 1. The molecule has 5 rings (SSSR count). The van der Waals surface area contributed by atoms with Crippen LogP contribution in [0.4, 0.5) is 0 Å². The second-order valence-corrected chi connectivity index (χ2v) is 6.65. The van der Waals surface area contributed by atoms with E-state index in [1.807, 2.05) is 54.6 Å². The molecule has 0 atom stereocenters. The lowest BCUT2D eigenvalue weighted by Gasteiger charge is -2.10. The zero-order chi connectivity index (χ0) is 19.6. The highest BCUT2D eigenvalue weighted by atomic mass is 16.7. The molecule has 1 aliphatic heterocycles. The van der Waals surface area contributed by atoms with Crippen LogP contribution in [0, 0.1) is 0 Å². The minimum absolute atomic E-state index is 0.170. The molecule has 2 heterocycles. The molecule has 29 heavy (non-hydrogen) atoms. The normalized spacial score (nSPS) is 12.3. The van der Waals surface area contributed by atoms with Gasteiger partial charge in [-0.05, 0) is 30.3 Å². The van der Waals surface area contributed by atoms with Gasteiger partial charge in [-0.1, -0.05) is 42.5 Å². The molecule has 0 amide bonds. The quantitative estimate of drug-likeness (QED) is 0.479. The van der Waals surface area contributed by atoms with Crippen LogP contribution >= 0.6 is 0 Å². The lowest BCUT2D eigenvalue weighted by Crippen LogP contribution is -2.12. The number of hydrogen-bond acceptors (Lipinski definition) is 5. The molecule has 0 bridgehead atoms. The maximum absolute atomic E-state index is 12.4. The van der Waals surface area contributed by atoms with Crippen molar-refractivity contribution in [1.29, 1.82) is 0 Å². The molecule has 1 aromatic heterocycles. The van der Waals surface area contributed by atoms with Crippen molar-refractivity contribution < 1.29 is 19.0 Å². The Kier molecular flexibility index (Phi) is 4.37. The second-order valence-electron chi connectivity index (χ2n) is 6.65. The van der Waals surface area contributed by atoms with Crippen LogP contribution in [0.5, 0.6) is 11.5 Å². The zero-order valence-corrected chi connectivity index (χ0v) is 15.6. The fraction of sp³-hybridized carbons (Fsp3) is 0.130. The third-order valence-electron chi connectivity index (χ3n) is 4.84. The molecule has 6 nitrogen and oxygen atoms in total. The predicted octanol–water partition coefficient (Wildman–Crippen LogP) is 4.29. The molecular weight excluding hydrogens is 368 g/mol. The van der Waals surface area contributed by atoms with E-state index < -0.39 is 5.97 Å². The summed E-state index contributed by atoms with van der Waals surface area (Å²) in [5.41, 5.74) is 3.37. The SMILES string of the molecule is O=C(OCCn1c(-c2ccccc2)nc2ccccc21)c1ccc2c(c1)OCO2. The summed E-state index contributed by atoms with van der Waals surface area (Å²) in [6.07, 6.45) is 0. The molecule has 0 radical (unpaired) electrons. The summed E-state index contributed by atoms with van der Waals surface area (Å²) in [6, 6.07) is 23.0. The fourth-order valence-corrected chi connectivity index (χ4v) is 3.45. The molecule has 0 fully saturated rings. The van der Waals surface area contributed by atoms with Crippen LogP contribution in [0.25, 0.3) is 22.4 Å². The Labute approximate surface area is 167 Å². The molecular formula is C23H18N2O4. The van der Waals surface area contributed by atoms with Crippen LogP contribution < -0.4 is 9.47 Å². The van der Waals surface area contributed by atoms with E-state index in [4.69, 9.17) is 19.2 Å². The van der Waals surface area contributed by atoms with Gasteiger partial charge in [0.15, 0.2) is 11.5 Å². The van der Waals surface area contributed by atoms with Gasteiger partial charge in [0.2, 0.25) is 6.79 Å². The molecule has 0 aliphatic carbocycles. The Hall–Kier alpha value is -3.80. The Morgan fingerprint density at radius 3 is 2.66 bits per heavy atom. The Balaban J connectivity index is 1.36. The molecule has 0 saturated carbocycles. The van der Waals surface area contributed by atoms with Crippen molar-refractivity contribution >= 4 is 17.0 Å². The van der Waals surface area contributed by atoms with Crippen molar-refractivity contribution in [2.75, 3.05) is 13.4 Å². The molecule has 6 heteroatoms. The van der Waals surface area contributed by atoms with Gasteiger partial charge in [0.05, 0.1) is 23.1 Å². The van der Waals surface area contributed by atoms with Crippen molar-refractivity contribution in [2.24, 2.45) is 0 Å². The van der Waals surface area contributed by atoms with Gasteiger partial charge in [-0.15, -0.1) is 0 Å². The average molecular weight is 386 g/mol. The zero-order valence-electron chi connectivity index (χ0n) is 15.6. The fourth-order valence-electron chi connectivity index (χ4n) is 3.45. The summed E-state index contributed by atoms with van der Waals surface area (Å²) in [5, 5.41) is 0. The lowest BCUT2D eigenvalue weighted by atomic mass is 10.2. The highest BCUT2D eigenvalue weighted by Gasteiger charge is 2.17. The number of para-hydroxylation sites is 2. The predicted molar refractivity (Wildman–Crippen MR) is 108 cm³/mol. The number of aromatic nitrogens is 2. The minimum Gasteiger partial charge on any atom is -0.460 e. The molecule has 3 aromatic carbocycles. The summed E-state index contributed by atoms with van der Waals surface area (Å²) >= 11 is 0. The molecule has 144 valence electrons. The maximum Gasteiger partial charge on any atom is 0.338 e. The average Bonchev–Trinajstić information content (AvgIpc) is 3.38. The molecule has 0 saturated heterocycles. The first-order valence-corrected chi connectivity index (χ1v) is 9.37. The number of rotatable bonds is 5. The smallest absolute Gasteiger partial charge is 0.338 e. The summed E-state index contributed by atoms with van der Waals surface area (Å²) in [5.74, 6) is 1.66. The summed E-state index contributed by atoms with van der Waals surface area (Å²) in [7, 11) is 0. The molecule has 1 aliphatic rings. The number of esters is 1. The van der Waals surface area contributed by atoms with E-state index in [0.717, 1.165) is 22.4 Å². The first-order valence-electron chi connectivity index (χ1n) is 9.37. The molecule has 0 N–H and O–H groups in total. The first-order chi connectivity index (χ1) is 14.3. The molecule has 0 unspecified atom stereocenters. The Bertz CT molecular complexity index is 1180. The molecule has 4 aromatic rings. The van der Waals surface area contributed by atoms with Crippen molar-refractivity contribution in [3.63, 3.8) is 0 Å². The van der Waals surface area contributed by atoms with Crippen LogP contribution in [0.1, 0.15) is 10.4 Å². The summed E-state index contributed by atoms with van der Waals surface area (Å²) in [6.45, 7) is 0.901. The van der Waals surface area contributed by atoms with Gasteiger partial charge in [-0.25, -0.2) is 9.78 Å². The van der Waals surface area contributed by atoms with Crippen molar-refractivity contribution in [3.05, 3.63) is 78.4 Å². The van der Waals surface area contributed by atoms with Crippen LogP contribution in [-0.4, -0.2) is 28.9 Å². The van der Waals surface area contributed by atoms with Crippen LogP contribution in [-0.2, 0) is 11.3 Å². The van der Waals surface area contributed by atoms with E-state index in [0.29, 0.717) is 23.6 Å². The number of fused-ring (bicyclic) bond motifs is 2. The van der Waals surface area contributed by atoms with Gasteiger partial charge >= 0.3 is 5.97 Å². The van der Waals surface area contributed by atoms with Gasteiger partial charge in [-0.2, -0.15) is 0 Å².